The average Bonchev–Trinajstić information content (AvgIpc) is 2.58. The maximum absolute atomic E-state index is 12.9. The fourth-order valence-electron chi connectivity index (χ4n) is 2.14. The Bertz CT molecular complexity index is 641. The van der Waals surface area contributed by atoms with Crippen molar-refractivity contribution in [3.63, 3.8) is 0 Å². The van der Waals surface area contributed by atoms with Gasteiger partial charge in [0.2, 0.25) is 5.88 Å². The second-order valence-electron chi connectivity index (χ2n) is 5.09. The number of nitrogens with zero attached hydrogens (tertiary/aromatic N) is 3. The normalized spacial score (nSPS) is 11.2. The van der Waals surface area contributed by atoms with E-state index in [1.165, 1.54) is 12.1 Å². The van der Waals surface area contributed by atoms with Crippen molar-refractivity contribution in [2.75, 3.05) is 21.2 Å². The van der Waals surface area contributed by atoms with Crippen molar-refractivity contribution >= 4 is 5.96 Å². The van der Waals surface area contributed by atoms with Crippen LogP contribution in [0, 0.1) is 5.82 Å². The zero-order valence-electron chi connectivity index (χ0n) is 13.6. The predicted octanol–water partition coefficient (Wildman–Crippen LogP) is 2.44. The molecule has 0 unspecified atom stereocenters. The van der Waals surface area contributed by atoms with Gasteiger partial charge in [-0.3, -0.25) is 4.99 Å². The zero-order chi connectivity index (χ0) is 16.7. The zero-order valence-corrected chi connectivity index (χ0v) is 13.6. The molecule has 0 saturated carbocycles. The Labute approximate surface area is 135 Å². The van der Waals surface area contributed by atoms with E-state index in [2.05, 4.69) is 15.3 Å². The molecule has 0 aliphatic heterocycles. The quantitative estimate of drug-likeness (QED) is 0.680. The molecule has 0 spiro atoms. The molecule has 1 N–H and O–H groups in total. The highest BCUT2D eigenvalue weighted by molar-refractivity contribution is 5.79. The maximum atomic E-state index is 12.9. The molecular formula is C17H21FN4O. The second-order valence-corrected chi connectivity index (χ2v) is 5.09. The summed E-state index contributed by atoms with van der Waals surface area (Å²) >= 11 is 0. The number of aromatic nitrogens is 1. The minimum absolute atomic E-state index is 0.231. The first-order valence-electron chi connectivity index (χ1n) is 7.27. The highest BCUT2D eigenvalue weighted by Gasteiger charge is 2.07. The minimum Gasteiger partial charge on any atom is -0.481 e. The molecule has 1 aromatic carbocycles. The van der Waals surface area contributed by atoms with E-state index in [9.17, 15) is 4.39 Å². The number of aliphatic imine (C=N–C) groups is 1. The van der Waals surface area contributed by atoms with Crippen LogP contribution in [0.4, 0.5) is 4.39 Å². The second kappa shape index (κ2) is 8.12. The molecule has 2 aromatic rings. The average molecular weight is 316 g/mol. The van der Waals surface area contributed by atoms with Gasteiger partial charge in [0.05, 0.1) is 7.11 Å². The van der Waals surface area contributed by atoms with E-state index < -0.39 is 0 Å². The van der Waals surface area contributed by atoms with Crippen LogP contribution in [0.25, 0.3) is 0 Å². The topological polar surface area (TPSA) is 49.8 Å². The third-order valence-electron chi connectivity index (χ3n) is 3.36. The number of hydrogen-bond acceptors (Lipinski definition) is 3. The lowest BCUT2D eigenvalue weighted by atomic mass is 10.2. The molecule has 0 aliphatic rings. The van der Waals surface area contributed by atoms with Crippen LogP contribution in [0.5, 0.6) is 5.88 Å². The summed E-state index contributed by atoms with van der Waals surface area (Å²) in [6, 6.07) is 10.2. The lowest BCUT2D eigenvalue weighted by molar-refractivity contribution is 0.397. The van der Waals surface area contributed by atoms with Gasteiger partial charge in [0.25, 0.3) is 0 Å². The van der Waals surface area contributed by atoms with E-state index in [-0.39, 0.29) is 5.82 Å². The Morgan fingerprint density at radius 2 is 1.91 bits per heavy atom. The summed E-state index contributed by atoms with van der Waals surface area (Å²) in [6.45, 7) is 1.25. The Kier molecular flexibility index (Phi) is 5.91. The van der Waals surface area contributed by atoms with Crippen LogP contribution >= 0.6 is 0 Å². The molecule has 122 valence electrons. The molecule has 23 heavy (non-hydrogen) atoms. The van der Waals surface area contributed by atoms with Crippen molar-refractivity contribution in [3.8, 4) is 5.88 Å². The number of nitrogens with one attached hydrogen (secondary N) is 1. The Hall–Kier alpha value is -2.63. The van der Waals surface area contributed by atoms with Gasteiger partial charge < -0.3 is 15.0 Å². The number of benzene rings is 1. The van der Waals surface area contributed by atoms with Gasteiger partial charge >= 0.3 is 0 Å². The Morgan fingerprint density at radius 3 is 2.48 bits per heavy atom. The van der Waals surface area contributed by atoms with Crippen molar-refractivity contribution in [1.29, 1.82) is 0 Å². The molecule has 1 heterocycles. The molecule has 6 heteroatoms. The Balaban J connectivity index is 1.92. The molecule has 0 fully saturated rings. The van der Waals surface area contributed by atoms with Crippen LogP contribution in [0.2, 0.25) is 0 Å². The summed E-state index contributed by atoms with van der Waals surface area (Å²) < 4.78 is 18.0. The summed E-state index contributed by atoms with van der Waals surface area (Å²) in [4.78, 5) is 10.4. The minimum atomic E-state index is -0.231. The lowest BCUT2D eigenvalue weighted by Gasteiger charge is -2.22. The van der Waals surface area contributed by atoms with Crippen molar-refractivity contribution in [2.24, 2.45) is 4.99 Å². The largest absolute Gasteiger partial charge is 0.481 e. The number of ether oxygens (including phenoxy) is 1. The van der Waals surface area contributed by atoms with E-state index in [1.54, 1.807) is 32.5 Å². The summed E-state index contributed by atoms with van der Waals surface area (Å²) in [5, 5.41) is 3.28. The highest BCUT2D eigenvalue weighted by Crippen LogP contribution is 2.08. The number of rotatable bonds is 5. The molecule has 0 radical (unpaired) electrons. The monoisotopic (exact) mass is 316 g/mol. The summed E-state index contributed by atoms with van der Waals surface area (Å²) in [6.07, 6.45) is 1.76. The first kappa shape index (κ1) is 16.7. The standard InChI is InChI=1S/C17H21FN4O/c1-19-17(21-11-14-6-9-16(23-3)20-10-14)22(2)12-13-4-7-15(18)8-5-13/h4-10H,11-12H2,1-3H3,(H,19,21). The van der Waals surface area contributed by atoms with E-state index in [1.807, 2.05) is 24.1 Å². The third-order valence-corrected chi connectivity index (χ3v) is 3.36. The van der Waals surface area contributed by atoms with Gasteiger partial charge in [0.1, 0.15) is 5.82 Å². The lowest BCUT2D eigenvalue weighted by Crippen LogP contribution is -2.38. The molecule has 0 atom stereocenters. The number of guanidine groups is 1. The van der Waals surface area contributed by atoms with Gasteiger partial charge in [-0.05, 0) is 23.3 Å². The van der Waals surface area contributed by atoms with Crippen molar-refractivity contribution in [3.05, 3.63) is 59.5 Å². The predicted molar refractivity (Wildman–Crippen MR) is 88.9 cm³/mol. The van der Waals surface area contributed by atoms with Crippen molar-refractivity contribution < 1.29 is 9.13 Å². The van der Waals surface area contributed by atoms with E-state index >= 15 is 0 Å². The van der Waals surface area contributed by atoms with E-state index in [0.29, 0.717) is 19.0 Å². The molecule has 0 saturated heterocycles. The number of pyridine rings is 1. The van der Waals surface area contributed by atoms with Gasteiger partial charge in [-0.25, -0.2) is 9.37 Å². The Morgan fingerprint density at radius 1 is 1.22 bits per heavy atom. The van der Waals surface area contributed by atoms with Crippen molar-refractivity contribution in [1.82, 2.24) is 15.2 Å². The molecule has 5 nitrogen and oxygen atoms in total. The molecule has 1 aromatic heterocycles. The summed E-state index contributed by atoms with van der Waals surface area (Å²) in [7, 11) is 5.26. The SMILES string of the molecule is CN=C(NCc1ccc(OC)nc1)N(C)Cc1ccc(F)cc1. The van der Waals surface area contributed by atoms with Crippen LogP contribution in [-0.2, 0) is 13.1 Å². The molecule has 0 aliphatic carbocycles. The van der Waals surface area contributed by atoms with E-state index in [0.717, 1.165) is 17.1 Å². The maximum Gasteiger partial charge on any atom is 0.212 e. The van der Waals surface area contributed by atoms with E-state index in [4.69, 9.17) is 4.74 Å². The third kappa shape index (κ3) is 4.95. The highest BCUT2D eigenvalue weighted by atomic mass is 19.1. The molecule has 0 bridgehead atoms. The fourth-order valence-corrected chi connectivity index (χ4v) is 2.14. The van der Waals surface area contributed by atoms with Gasteiger partial charge in [0.15, 0.2) is 5.96 Å². The van der Waals surface area contributed by atoms with Gasteiger partial charge in [-0.2, -0.15) is 0 Å². The smallest absolute Gasteiger partial charge is 0.212 e. The summed E-state index contributed by atoms with van der Waals surface area (Å²) in [5.74, 6) is 1.11. The van der Waals surface area contributed by atoms with Crippen molar-refractivity contribution in [2.45, 2.75) is 13.1 Å². The van der Waals surface area contributed by atoms with Gasteiger partial charge in [0, 0.05) is 39.4 Å². The van der Waals surface area contributed by atoms with Crippen LogP contribution < -0.4 is 10.1 Å². The van der Waals surface area contributed by atoms with Gasteiger partial charge in [-0.15, -0.1) is 0 Å². The first-order valence-corrected chi connectivity index (χ1v) is 7.27. The summed E-state index contributed by atoms with van der Waals surface area (Å²) in [5.41, 5.74) is 2.05. The van der Waals surface area contributed by atoms with Crippen LogP contribution in [0.15, 0.2) is 47.6 Å². The molecule has 2 rings (SSSR count). The van der Waals surface area contributed by atoms with Gasteiger partial charge in [-0.1, -0.05) is 18.2 Å². The number of methoxy groups -OCH3 is 1. The first-order chi connectivity index (χ1) is 11.1. The number of hydrogen-bond donors (Lipinski definition) is 1. The van der Waals surface area contributed by atoms with Crippen LogP contribution in [0.1, 0.15) is 11.1 Å². The fraction of sp³-hybridized carbons (Fsp3) is 0.294. The van der Waals surface area contributed by atoms with Crippen LogP contribution in [-0.4, -0.2) is 37.0 Å². The van der Waals surface area contributed by atoms with Crippen LogP contribution in [0.3, 0.4) is 0 Å². The molecular weight excluding hydrogens is 295 g/mol. The number of halogens is 1. The molecule has 0 amide bonds.